The Morgan fingerprint density at radius 3 is 1.42 bits per heavy atom. The molecule has 1 nitrogen and oxygen atoms in total. The van der Waals surface area contributed by atoms with Gasteiger partial charge in [-0.05, 0) is 159 Å². The first-order valence-corrected chi connectivity index (χ1v) is 22.9. The Morgan fingerprint density at radius 1 is 0.281 bits per heavy atom. The first-order chi connectivity index (χ1) is 31.0. The van der Waals surface area contributed by atoms with E-state index in [-0.39, 0.29) is 16.2 Å². The molecule has 0 heterocycles. The van der Waals surface area contributed by atoms with Gasteiger partial charge in [0.25, 0.3) is 0 Å². The fourth-order valence-electron chi connectivity index (χ4n) is 12.2. The van der Waals surface area contributed by atoms with Gasteiger partial charge in [0.2, 0.25) is 0 Å². The van der Waals surface area contributed by atoms with Gasteiger partial charge in [0.15, 0.2) is 0 Å². The number of benzene rings is 10. The third-order valence-corrected chi connectivity index (χ3v) is 15.6. The SMILES string of the molecule is CC1(C)c2ccccc2-c2ccc(N(c3ccc4c(c3)C(C)(C)c3ccccc3-4)c3ccc4cc(-c5cc6c(c7ccccc57)-c5c(ccc7ccccc57)C6(C)C)ccc4c3)cc21. The molecule has 3 aliphatic rings. The summed E-state index contributed by atoms with van der Waals surface area (Å²) in [6.07, 6.45) is 0. The van der Waals surface area contributed by atoms with Crippen molar-refractivity contribution in [3.63, 3.8) is 0 Å². The van der Waals surface area contributed by atoms with E-state index in [2.05, 4.69) is 234 Å². The molecular formula is C63H49N. The third kappa shape index (κ3) is 5.01. The van der Waals surface area contributed by atoms with Crippen molar-refractivity contribution >= 4 is 49.4 Å². The van der Waals surface area contributed by atoms with Crippen molar-refractivity contribution in [2.24, 2.45) is 0 Å². The fraction of sp³-hybridized carbons (Fsp3) is 0.143. The van der Waals surface area contributed by atoms with Gasteiger partial charge in [-0.25, -0.2) is 0 Å². The standard InChI is InChI=1S/C63H49N/c1-61(2)53-21-13-11-18-47(53)49-30-28-43(35-56(49)61)64(44-29-31-50-48-19-12-14-22-54(48)62(3,4)57(50)36-44)42-27-25-39-33-41(24-23-40(39)34-42)52-37-58-60(51-20-10-9-17-46(51)52)59-45-16-8-7-15-38(45)26-32-55(59)63(58,5)6/h7-37H,1-6H3. The first kappa shape index (κ1) is 37.3. The third-order valence-electron chi connectivity index (χ3n) is 15.6. The van der Waals surface area contributed by atoms with Crippen molar-refractivity contribution in [1.82, 2.24) is 0 Å². The maximum atomic E-state index is 2.50. The van der Waals surface area contributed by atoms with Crippen LogP contribution in [-0.2, 0) is 16.2 Å². The number of anilines is 3. The topological polar surface area (TPSA) is 3.24 Å². The lowest BCUT2D eigenvalue weighted by atomic mass is 9.80. The van der Waals surface area contributed by atoms with Gasteiger partial charge >= 0.3 is 0 Å². The lowest BCUT2D eigenvalue weighted by molar-refractivity contribution is 0.660. The molecule has 0 aromatic heterocycles. The van der Waals surface area contributed by atoms with E-state index >= 15 is 0 Å². The largest absolute Gasteiger partial charge is 0.310 e. The molecule has 10 aromatic carbocycles. The maximum absolute atomic E-state index is 2.50. The Labute approximate surface area is 376 Å². The smallest absolute Gasteiger partial charge is 0.0468 e. The summed E-state index contributed by atoms with van der Waals surface area (Å²) in [7, 11) is 0. The van der Waals surface area contributed by atoms with Crippen molar-refractivity contribution in [1.29, 1.82) is 0 Å². The number of nitrogens with zero attached hydrogens (tertiary/aromatic N) is 1. The highest BCUT2D eigenvalue weighted by Gasteiger charge is 2.40. The van der Waals surface area contributed by atoms with E-state index in [1.807, 2.05) is 0 Å². The average molecular weight is 820 g/mol. The second kappa shape index (κ2) is 12.9. The summed E-state index contributed by atoms with van der Waals surface area (Å²) in [5, 5.41) is 7.70. The number of hydrogen-bond donors (Lipinski definition) is 0. The molecule has 0 saturated carbocycles. The molecule has 10 aromatic rings. The van der Waals surface area contributed by atoms with E-state index in [9.17, 15) is 0 Å². The van der Waals surface area contributed by atoms with Crippen LogP contribution in [0.3, 0.4) is 0 Å². The summed E-state index contributed by atoms with van der Waals surface area (Å²) in [6.45, 7) is 14.3. The van der Waals surface area contributed by atoms with Crippen molar-refractivity contribution in [3.8, 4) is 44.5 Å². The maximum Gasteiger partial charge on any atom is 0.0468 e. The molecule has 0 fully saturated rings. The predicted molar refractivity (Wildman–Crippen MR) is 272 cm³/mol. The van der Waals surface area contributed by atoms with Crippen LogP contribution in [0.15, 0.2) is 188 Å². The summed E-state index contributed by atoms with van der Waals surface area (Å²) in [5.74, 6) is 0. The average Bonchev–Trinajstić information content (AvgIpc) is 3.80. The van der Waals surface area contributed by atoms with Crippen molar-refractivity contribution in [2.75, 3.05) is 4.90 Å². The molecule has 306 valence electrons. The van der Waals surface area contributed by atoms with Crippen LogP contribution in [0.4, 0.5) is 17.1 Å². The molecule has 0 unspecified atom stereocenters. The number of hydrogen-bond acceptors (Lipinski definition) is 1. The van der Waals surface area contributed by atoms with Crippen LogP contribution in [0, 0.1) is 0 Å². The Kier molecular flexibility index (Phi) is 7.54. The molecular weight excluding hydrogens is 771 g/mol. The molecule has 3 aliphatic carbocycles. The monoisotopic (exact) mass is 819 g/mol. The van der Waals surface area contributed by atoms with Crippen LogP contribution in [0.2, 0.25) is 0 Å². The minimum atomic E-state index is -0.131. The van der Waals surface area contributed by atoms with Crippen LogP contribution in [-0.4, -0.2) is 0 Å². The quantitative estimate of drug-likeness (QED) is 0.171. The van der Waals surface area contributed by atoms with Gasteiger partial charge in [0, 0.05) is 33.3 Å². The normalized spacial score (nSPS) is 15.4. The molecule has 0 N–H and O–H groups in total. The van der Waals surface area contributed by atoms with Gasteiger partial charge in [-0.2, -0.15) is 0 Å². The van der Waals surface area contributed by atoms with E-state index in [1.165, 1.54) is 122 Å². The van der Waals surface area contributed by atoms with Gasteiger partial charge in [0.05, 0.1) is 0 Å². The Morgan fingerprint density at radius 2 is 0.750 bits per heavy atom. The Hall–Kier alpha value is -7.22. The van der Waals surface area contributed by atoms with Gasteiger partial charge in [0.1, 0.15) is 0 Å². The van der Waals surface area contributed by atoms with Gasteiger partial charge < -0.3 is 4.90 Å². The summed E-state index contributed by atoms with van der Waals surface area (Å²) in [5.41, 5.74) is 22.2. The summed E-state index contributed by atoms with van der Waals surface area (Å²) < 4.78 is 0. The molecule has 1 heteroatoms. The Balaban J connectivity index is 0.963. The van der Waals surface area contributed by atoms with Crippen molar-refractivity contribution < 1.29 is 0 Å². The predicted octanol–water partition coefficient (Wildman–Crippen LogP) is 17.2. The molecule has 0 amide bonds. The molecule has 0 spiro atoms. The molecule has 0 bridgehead atoms. The lowest BCUT2D eigenvalue weighted by Gasteiger charge is -2.30. The second-order valence-electron chi connectivity index (χ2n) is 20.1. The van der Waals surface area contributed by atoms with Gasteiger partial charge in [-0.3, -0.25) is 0 Å². The zero-order valence-corrected chi connectivity index (χ0v) is 37.3. The van der Waals surface area contributed by atoms with E-state index < -0.39 is 0 Å². The van der Waals surface area contributed by atoms with Gasteiger partial charge in [-0.15, -0.1) is 0 Å². The van der Waals surface area contributed by atoms with Crippen LogP contribution < -0.4 is 4.90 Å². The molecule has 0 aliphatic heterocycles. The molecule has 64 heavy (non-hydrogen) atoms. The number of rotatable bonds is 4. The summed E-state index contributed by atoms with van der Waals surface area (Å²) in [4.78, 5) is 2.49. The number of fused-ring (bicyclic) bond motifs is 14. The fourth-order valence-corrected chi connectivity index (χ4v) is 12.2. The van der Waals surface area contributed by atoms with E-state index in [0.29, 0.717) is 0 Å². The van der Waals surface area contributed by atoms with E-state index in [1.54, 1.807) is 0 Å². The second-order valence-corrected chi connectivity index (χ2v) is 20.1. The highest BCUT2D eigenvalue weighted by molar-refractivity contribution is 6.14. The van der Waals surface area contributed by atoms with Crippen LogP contribution >= 0.6 is 0 Å². The first-order valence-electron chi connectivity index (χ1n) is 22.9. The molecule has 0 radical (unpaired) electrons. The minimum Gasteiger partial charge on any atom is -0.310 e. The highest BCUT2D eigenvalue weighted by Crippen LogP contribution is 2.56. The van der Waals surface area contributed by atoms with Crippen molar-refractivity contribution in [3.05, 3.63) is 221 Å². The molecule has 0 atom stereocenters. The Bertz CT molecular complexity index is 3550. The molecule has 0 saturated heterocycles. The lowest BCUT2D eigenvalue weighted by Crippen LogP contribution is -2.18. The van der Waals surface area contributed by atoms with Crippen molar-refractivity contribution in [2.45, 2.75) is 57.8 Å². The molecule has 13 rings (SSSR count). The van der Waals surface area contributed by atoms with Crippen LogP contribution in [0.25, 0.3) is 76.8 Å². The van der Waals surface area contributed by atoms with Crippen LogP contribution in [0.1, 0.15) is 74.9 Å². The van der Waals surface area contributed by atoms with Gasteiger partial charge in [-0.1, -0.05) is 181 Å². The zero-order chi connectivity index (χ0) is 43.3. The van der Waals surface area contributed by atoms with E-state index in [0.717, 1.165) is 5.69 Å². The minimum absolute atomic E-state index is 0.109. The van der Waals surface area contributed by atoms with E-state index in [4.69, 9.17) is 0 Å². The summed E-state index contributed by atoms with van der Waals surface area (Å²) in [6, 6.07) is 71.4. The highest BCUT2D eigenvalue weighted by atomic mass is 15.1. The van der Waals surface area contributed by atoms with Crippen LogP contribution in [0.5, 0.6) is 0 Å². The zero-order valence-electron chi connectivity index (χ0n) is 37.3. The summed E-state index contributed by atoms with van der Waals surface area (Å²) >= 11 is 0.